The summed E-state index contributed by atoms with van der Waals surface area (Å²) in [5, 5.41) is 10.6. The molecular formula is C12H10N2O2. The van der Waals surface area contributed by atoms with Crippen molar-refractivity contribution >= 4 is 5.82 Å². The summed E-state index contributed by atoms with van der Waals surface area (Å²) in [6.07, 6.45) is 1.53. The highest BCUT2D eigenvalue weighted by atomic mass is 16.6. The van der Waals surface area contributed by atoms with Crippen LogP contribution in [0.4, 0.5) is 5.82 Å². The highest BCUT2D eigenvalue weighted by Gasteiger charge is 2.11. The Labute approximate surface area is 92.7 Å². The van der Waals surface area contributed by atoms with Crippen LogP contribution in [0.2, 0.25) is 0 Å². The van der Waals surface area contributed by atoms with Gasteiger partial charge in [-0.15, -0.1) is 0 Å². The second kappa shape index (κ2) is 4.10. The van der Waals surface area contributed by atoms with Crippen molar-refractivity contribution in [2.75, 3.05) is 0 Å². The van der Waals surface area contributed by atoms with E-state index in [1.54, 1.807) is 0 Å². The Morgan fingerprint density at radius 1 is 1.25 bits per heavy atom. The SMILES string of the molecule is Cc1cnc([N+](=O)[O-])cc1-c1ccccc1. The second-order valence-electron chi connectivity index (χ2n) is 3.48. The van der Waals surface area contributed by atoms with Gasteiger partial charge >= 0.3 is 5.82 Å². The van der Waals surface area contributed by atoms with Gasteiger partial charge in [0.15, 0.2) is 0 Å². The Hall–Kier alpha value is -2.23. The van der Waals surface area contributed by atoms with Crippen molar-refractivity contribution in [3.05, 3.63) is 58.3 Å². The molecule has 2 aromatic rings. The Morgan fingerprint density at radius 2 is 1.94 bits per heavy atom. The fourth-order valence-electron chi connectivity index (χ4n) is 1.54. The number of hydrogen-bond acceptors (Lipinski definition) is 3. The average Bonchev–Trinajstić information content (AvgIpc) is 2.30. The number of pyridine rings is 1. The van der Waals surface area contributed by atoms with Crippen molar-refractivity contribution in [2.45, 2.75) is 6.92 Å². The first-order chi connectivity index (χ1) is 7.68. The number of hydrogen-bond donors (Lipinski definition) is 0. The Balaban J connectivity index is 2.56. The van der Waals surface area contributed by atoms with Gasteiger partial charge < -0.3 is 10.1 Å². The van der Waals surface area contributed by atoms with E-state index >= 15 is 0 Å². The van der Waals surface area contributed by atoms with Crippen LogP contribution in [0.5, 0.6) is 0 Å². The zero-order valence-corrected chi connectivity index (χ0v) is 8.75. The summed E-state index contributed by atoms with van der Waals surface area (Å²) in [5.41, 5.74) is 2.74. The summed E-state index contributed by atoms with van der Waals surface area (Å²) >= 11 is 0. The predicted octanol–water partition coefficient (Wildman–Crippen LogP) is 2.97. The number of nitrogens with zero attached hydrogens (tertiary/aromatic N) is 2. The fraction of sp³-hybridized carbons (Fsp3) is 0.0833. The van der Waals surface area contributed by atoms with E-state index in [0.29, 0.717) is 0 Å². The maximum atomic E-state index is 10.6. The molecule has 0 fully saturated rings. The van der Waals surface area contributed by atoms with Crippen LogP contribution in [0, 0.1) is 17.0 Å². The molecule has 80 valence electrons. The zero-order valence-electron chi connectivity index (χ0n) is 8.75. The Bertz CT molecular complexity index is 524. The summed E-state index contributed by atoms with van der Waals surface area (Å²) in [6.45, 7) is 1.89. The lowest BCUT2D eigenvalue weighted by Gasteiger charge is -2.03. The summed E-state index contributed by atoms with van der Waals surface area (Å²) in [4.78, 5) is 13.9. The van der Waals surface area contributed by atoms with Gasteiger partial charge in [0.25, 0.3) is 0 Å². The van der Waals surface area contributed by atoms with Crippen molar-refractivity contribution in [3.8, 4) is 11.1 Å². The standard InChI is InChI=1S/C12H10N2O2/c1-9-8-13-12(14(15)16)7-11(9)10-5-3-2-4-6-10/h2-8H,1H3. The van der Waals surface area contributed by atoms with Crippen molar-refractivity contribution in [1.29, 1.82) is 0 Å². The molecule has 2 rings (SSSR count). The molecule has 0 aliphatic carbocycles. The topological polar surface area (TPSA) is 56.0 Å². The summed E-state index contributed by atoms with van der Waals surface area (Å²) in [6, 6.07) is 11.1. The van der Waals surface area contributed by atoms with Crippen LogP contribution in [0.25, 0.3) is 11.1 Å². The fourth-order valence-corrected chi connectivity index (χ4v) is 1.54. The van der Waals surface area contributed by atoms with Gasteiger partial charge in [0.05, 0.1) is 0 Å². The molecule has 0 aliphatic rings. The van der Waals surface area contributed by atoms with Gasteiger partial charge in [-0.2, -0.15) is 0 Å². The molecular weight excluding hydrogens is 204 g/mol. The van der Waals surface area contributed by atoms with Gasteiger partial charge in [-0.3, -0.25) is 0 Å². The number of nitro groups is 1. The van der Waals surface area contributed by atoms with Gasteiger partial charge in [0.2, 0.25) is 0 Å². The first kappa shape index (κ1) is 10.3. The molecule has 1 heterocycles. The molecule has 4 heteroatoms. The smallest absolute Gasteiger partial charge is 0.358 e. The molecule has 0 saturated heterocycles. The molecule has 0 aliphatic heterocycles. The molecule has 0 amide bonds. The number of aryl methyl sites for hydroxylation is 1. The van der Waals surface area contributed by atoms with Gasteiger partial charge in [-0.05, 0) is 28.0 Å². The van der Waals surface area contributed by atoms with Gasteiger partial charge in [-0.25, -0.2) is 0 Å². The van der Waals surface area contributed by atoms with Crippen LogP contribution >= 0.6 is 0 Å². The highest BCUT2D eigenvalue weighted by Crippen LogP contribution is 2.25. The van der Waals surface area contributed by atoms with Crippen molar-refractivity contribution < 1.29 is 4.92 Å². The van der Waals surface area contributed by atoms with E-state index < -0.39 is 4.92 Å². The maximum absolute atomic E-state index is 10.6. The molecule has 1 aromatic carbocycles. The molecule has 1 aromatic heterocycles. The van der Waals surface area contributed by atoms with Crippen LogP contribution in [0.15, 0.2) is 42.6 Å². The van der Waals surface area contributed by atoms with Crippen LogP contribution < -0.4 is 0 Å². The highest BCUT2D eigenvalue weighted by molar-refractivity contribution is 5.68. The largest absolute Gasteiger partial charge is 0.364 e. The summed E-state index contributed by atoms with van der Waals surface area (Å²) in [7, 11) is 0. The van der Waals surface area contributed by atoms with Crippen LogP contribution in [-0.2, 0) is 0 Å². The monoisotopic (exact) mass is 214 g/mol. The van der Waals surface area contributed by atoms with E-state index in [0.717, 1.165) is 16.7 Å². The van der Waals surface area contributed by atoms with Crippen LogP contribution in [-0.4, -0.2) is 9.91 Å². The third-order valence-electron chi connectivity index (χ3n) is 2.36. The maximum Gasteiger partial charge on any atom is 0.364 e. The molecule has 0 unspecified atom stereocenters. The first-order valence-electron chi connectivity index (χ1n) is 4.85. The van der Waals surface area contributed by atoms with Crippen molar-refractivity contribution in [3.63, 3.8) is 0 Å². The number of rotatable bonds is 2. The van der Waals surface area contributed by atoms with E-state index in [1.165, 1.54) is 12.3 Å². The quantitative estimate of drug-likeness (QED) is 0.570. The van der Waals surface area contributed by atoms with Crippen molar-refractivity contribution in [2.24, 2.45) is 0 Å². The summed E-state index contributed by atoms with van der Waals surface area (Å²) < 4.78 is 0. The minimum absolute atomic E-state index is 0.121. The third-order valence-corrected chi connectivity index (χ3v) is 2.36. The van der Waals surface area contributed by atoms with Gasteiger partial charge in [0, 0.05) is 11.6 Å². The molecule has 0 atom stereocenters. The molecule has 4 nitrogen and oxygen atoms in total. The lowest BCUT2D eigenvalue weighted by Crippen LogP contribution is -1.94. The van der Waals surface area contributed by atoms with E-state index in [9.17, 15) is 10.1 Å². The minimum Gasteiger partial charge on any atom is -0.358 e. The normalized spacial score (nSPS) is 10.1. The van der Waals surface area contributed by atoms with E-state index in [-0.39, 0.29) is 5.82 Å². The van der Waals surface area contributed by atoms with E-state index in [2.05, 4.69) is 4.98 Å². The number of aromatic nitrogens is 1. The van der Waals surface area contributed by atoms with Crippen LogP contribution in [0.3, 0.4) is 0 Å². The molecule has 0 radical (unpaired) electrons. The Morgan fingerprint density at radius 3 is 2.56 bits per heavy atom. The molecule has 0 N–H and O–H groups in total. The second-order valence-corrected chi connectivity index (χ2v) is 3.48. The lowest BCUT2D eigenvalue weighted by molar-refractivity contribution is -0.389. The lowest BCUT2D eigenvalue weighted by atomic mass is 10.0. The summed E-state index contributed by atoms with van der Waals surface area (Å²) in [5.74, 6) is -0.121. The minimum atomic E-state index is -0.480. The average molecular weight is 214 g/mol. The molecule has 0 spiro atoms. The number of benzene rings is 1. The predicted molar refractivity (Wildman–Crippen MR) is 61.1 cm³/mol. The molecule has 0 bridgehead atoms. The molecule has 0 saturated carbocycles. The van der Waals surface area contributed by atoms with Crippen molar-refractivity contribution in [1.82, 2.24) is 4.98 Å². The first-order valence-corrected chi connectivity index (χ1v) is 4.85. The Kier molecular flexibility index (Phi) is 2.64. The van der Waals surface area contributed by atoms with E-state index in [4.69, 9.17) is 0 Å². The molecule has 16 heavy (non-hydrogen) atoms. The third kappa shape index (κ3) is 1.91. The van der Waals surface area contributed by atoms with Gasteiger partial charge in [-0.1, -0.05) is 30.3 Å². The van der Waals surface area contributed by atoms with Gasteiger partial charge in [0.1, 0.15) is 6.20 Å². The van der Waals surface area contributed by atoms with E-state index in [1.807, 2.05) is 37.3 Å². The van der Waals surface area contributed by atoms with Crippen LogP contribution in [0.1, 0.15) is 5.56 Å². The zero-order chi connectivity index (χ0) is 11.5.